The first-order valence-corrected chi connectivity index (χ1v) is 6.32. The van der Waals surface area contributed by atoms with Crippen molar-refractivity contribution in [2.45, 2.75) is 25.7 Å². The van der Waals surface area contributed by atoms with Gasteiger partial charge in [0.15, 0.2) is 0 Å². The number of nitrogens with one attached hydrogen (secondary N) is 2. The van der Waals surface area contributed by atoms with Crippen LogP contribution in [0.1, 0.15) is 25.7 Å². The molecule has 0 aromatic carbocycles. The van der Waals surface area contributed by atoms with E-state index < -0.39 is 21.6 Å². The van der Waals surface area contributed by atoms with Crippen molar-refractivity contribution in [1.82, 2.24) is 9.44 Å². The van der Waals surface area contributed by atoms with Crippen LogP contribution in [0.3, 0.4) is 0 Å². The summed E-state index contributed by atoms with van der Waals surface area (Å²) in [6.45, 7) is -0.0362. The smallest absolute Gasteiger partial charge is 0.310 e. The van der Waals surface area contributed by atoms with Crippen molar-refractivity contribution in [3.05, 3.63) is 0 Å². The summed E-state index contributed by atoms with van der Waals surface area (Å²) in [5.41, 5.74) is -0.913. The first kappa shape index (κ1) is 12.4. The van der Waals surface area contributed by atoms with E-state index in [2.05, 4.69) is 9.44 Å². The highest BCUT2D eigenvalue weighted by atomic mass is 32.2. The molecule has 1 rings (SSSR count). The van der Waals surface area contributed by atoms with E-state index in [4.69, 9.17) is 5.11 Å². The van der Waals surface area contributed by atoms with Crippen LogP contribution < -0.4 is 9.44 Å². The molecule has 1 aliphatic carbocycles. The van der Waals surface area contributed by atoms with Crippen LogP contribution in [0, 0.1) is 5.41 Å². The predicted molar refractivity (Wildman–Crippen MR) is 54.5 cm³/mol. The molecule has 0 radical (unpaired) electrons. The molecular weight excluding hydrogens is 220 g/mol. The van der Waals surface area contributed by atoms with E-state index in [9.17, 15) is 13.2 Å². The summed E-state index contributed by atoms with van der Waals surface area (Å²) in [7, 11) is -2.26. The minimum atomic E-state index is -3.54. The molecule has 0 aromatic heterocycles. The molecule has 6 nitrogen and oxygen atoms in total. The number of hydrogen-bond acceptors (Lipinski definition) is 3. The van der Waals surface area contributed by atoms with Crippen LogP contribution in [0.2, 0.25) is 0 Å². The summed E-state index contributed by atoms with van der Waals surface area (Å²) in [6, 6.07) is 0. The van der Waals surface area contributed by atoms with Crippen LogP contribution in [0.4, 0.5) is 0 Å². The van der Waals surface area contributed by atoms with Gasteiger partial charge in [-0.15, -0.1) is 0 Å². The Bertz CT molecular complexity index is 333. The molecule has 0 bridgehead atoms. The molecule has 1 saturated carbocycles. The minimum absolute atomic E-state index is 0.0362. The van der Waals surface area contributed by atoms with Crippen LogP contribution in [0.15, 0.2) is 0 Å². The molecule has 0 atom stereocenters. The second-order valence-electron chi connectivity index (χ2n) is 3.82. The maximum absolute atomic E-state index is 11.1. The predicted octanol–water partition coefficient (Wildman–Crippen LogP) is -0.315. The van der Waals surface area contributed by atoms with Gasteiger partial charge in [-0.1, -0.05) is 12.8 Å². The fourth-order valence-corrected chi connectivity index (χ4v) is 2.43. The molecule has 88 valence electrons. The number of carbonyl (C=O) groups is 1. The Morgan fingerprint density at radius 3 is 2.33 bits per heavy atom. The van der Waals surface area contributed by atoms with E-state index in [0.717, 1.165) is 12.8 Å². The Morgan fingerprint density at radius 2 is 1.93 bits per heavy atom. The third kappa shape index (κ3) is 2.90. The third-order valence-electron chi connectivity index (χ3n) is 2.88. The standard InChI is InChI=1S/C8H16N2O4S/c1-9-15(13,14)10-6-8(7(11)12)4-2-3-5-8/h9-10H,2-6H2,1H3,(H,11,12). The molecule has 0 aromatic rings. The van der Waals surface area contributed by atoms with Crippen LogP contribution in [-0.4, -0.2) is 33.1 Å². The highest BCUT2D eigenvalue weighted by Gasteiger charge is 2.41. The molecule has 1 aliphatic rings. The Morgan fingerprint density at radius 1 is 1.40 bits per heavy atom. The van der Waals surface area contributed by atoms with Gasteiger partial charge in [-0.3, -0.25) is 4.79 Å². The van der Waals surface area contributed by atoms with Gasteiger partial charge in [0.2, 0.25) is 0 Å². The van der Waals surface area contributed by atoms with E-state index >= 15 is 0 Å². The monoisotopic (exact) mass is 236 g/mol. The largest absolute Gasteiger partial charge is 0.481 e. The van der Waals surface area contributed by atoms with Gasteiger partial charge in [0, 0.05) is 13.6 Å². The SMILES string of the molecule is CNS(=O)(=O)NCC1(C(=O)O)CCCC1. The quantitative estimate of drug-likeness (QED) is 0.610. The zero-order valence-electron chi connectivity index (χ0n) is 8.62. The Balaban J connectivity index is 2.65. The van der Waals surface area contributed by atoms with Gasteiger partial charge < -0.3 is 5.11 Å². The average Bonchev–Trinajstić information content (AvgIpc) is 2.65. The summed E-state index contributed by atoms with van der Waals surface area (Å²) < 4.78 is 26.6. The Hall–Kier alpha value is -0.660. The lowest BCUT2D eigenvalue weighted by Gasteiger charge is -2.23. The molecule has 1 fully saturated rings. The van der Waals surface area contributed by atoms with Crippen molar-refractivity contribution < 1.29 is 18.3 Å². The van der Waals surface area contributed by atoms with Crippen LogP contribution in [0.5, 0.6) is 0 Å². The molecule has 15 heavy (non-hydrogen) atoms. The molecule has 0 unspecified atom stereocenters. The van der Waals surface area contributed by atoms with E-state index in [1.807, 2.05) is 0 Å². The molecule has 3 N–H and O–H groups in total. The highest BCUT2D eigenvalue weighted by molar-refractivity contribution is 7.87. The third-order valence-corrected chi connectivity index (χ3v) is 3.95. The number of hydrogen-bond donors (Lipinski definition) is 3. The van der Waals surface area contributed by atoms with Crippen molar-refractivity contribution >= 4 is 16.2 Å². The van der Waals surface area contributed by atoms with Crippen molar-refractivity contribution in [2.75, 3.05) is 13.6 Å². The summed E-state index contributed by atoms with van der Waals surface area (Å²) >= 11 is 0. The van der Waals surface area contributed by atoms with Gasteiger partial charge in [-0.05, 0) is 12.8 Å². The fourth-order valence-electron chi connectivity index (χ4n) is 1.82. The summed E-state index contributed by atoms with van der Waals surface area (Å²) in [4.78, 5) is 11.1. The lowest BCUT2D eigenvalue weighted by atomic mass is 9.87. The minimum Gasteiger partial charge on any atom is -0.481 e. The van der Waals surface area contributed by atoms with Gasteiger partial charge in [-0.25, -0.2) is 9.44 Å². The molecule has 0 heterocycles. The van der Waals surface area contributed by atoms with Gasteiger partial charge in [0.05, 0.1) is 5.41 Å². The second-order valence-corrected chi connectivity index (χ2v) is 5.53. The maximum atomic E-state index is 11.1. The highest BCUT2D eigenvalue weighted by Crippen LogP contribution is 2.37. The summed E-state index contributed by atoms with van der Waals surface area (Å²) in [5.74, 6) is -0.918. The molecular formula is C8H16N2O4S. The first-order chi connectivity index (χ1) is 6.92. The summed E-state index contributed by atoms with van der Waals surface area (Å²) in [6.07, 6.45) is 2.75. The van der Waals surface area contributed by atoms with Crippen LogP contribution in [-0.2, 0) is 15.0 Å². The molecule has 0 amide bonds. The van der Waals surface area contributed by atoms with Crippen LogP contribution >= 0.6 is 0 Å². The molecule has 0 spiro atoms. The van der Waals surface area contributed by atoms with E-state index in [1.165, 1.54) is 7.05 Å². The average molecular weight is 236 g/mol. The number of aliphatic carboxylic acids is 1. The van der Waals surface area contributed by atoms with E-state index in [-0.39, 0.29) is 6.54 Å². The topological polar surface area (TPSA) is 95.5 Å². The zero-order chi connectivity index (χ0) is 11.5. The van der Waals surface area contributed by atoms with Crippen molar-refractivity contribution in [3.63, 3.8) is 0 Å². The van der Waals surface area contributed by atoms with Gasteiger partial charge in [0.1, 0.15) is 0 Å². The van der Waals surface area contributed by atoms with Gasteiger partial charge in [-0.2, -0.15) is 8.42 Å². The number of rotatable bonds is 5. The summed E-state index contributed by atoms with van der Waals surface area (Å²) in [5, 5.41) is 9.08. The Kier molecular flexibility index (Phi) is 3.69. The lowest BCUT2D eigenvalue weighted by molar-refractivity contribution is -0.148. The molecule has 7 heteroatoms. The molecule has 0 aliphatic heterocycles. The first-order valence-electron chi connectivity index (χ1n) is 4.83. The van der Waals surface area contributed by atoms with E-state index in [1.54, 1.807) is 0 Å². The molecule has 0 saturated heterocycles. The van der Waals surface area contributed by atoms with Gasteiger partial charge >= 0.3 is 5.97 Å². The number of carboxylic acids is 1. The van der Waals surface area contributed by atoms with Gasteiger partial charge in [0.25, 0.3) is 10.2 Å². The lowest BCUT2D eigenvalue weighted by Crippen LogP contribution is -2.44. The van der Waals surface area contributed by atoms with Crippen molar-refractivity contribution in [3.8, 4) is 0 Å². The van der Waals surface area contributed by atoms with Crippen molar-refractivity contribution in [2.24, 2.45) is 5.41 Å². The zero-order valence-corrected chi connectivity index (χ0v) is 9.43. The van der Waals surface area contributed by atoms with E-state index in [0.29, 0.717) is 12.8 Å². The maximum Gasteiger partial charge on any atom is 0.310 e. The van der Waals surface area contributed by atoms with Crippen molar-refractivity contribution in [1.29, 1.82) is 0 Å². The van der Waals surface area contributed by atoms with Crippen LogP contribution in [0.25, 0.3) is 0 Å². The Labute approximate surface area is 89.2 Å². The normalized spacial score (nSPS) is 20.3. The number of carboxylic acid groups (broad SMARTS) is 1. The second kappa shape index (κ2) is 4.46. The fraction of sp³-hybridized carbons (Fsp3) is 0.875.